The van der Waals surface area contributed by atoms with Gasteiger partial charge in [-0.2, -0.15) is 5.10 Å². The number of fused-ring (bicyclic) bond motifs is 1. The lowest BCUT2D eigenvalue weighted by Gasteiger charge is -2.07. The number of rotatable bonds is 4. The first kappa shape index (κ1) is 12.9. The van der Waals surface area contributed by atoms with Crippen molar-refractivity contribution in [2.75, 3.05) is 0 Å². The molecule has 0 amide bonds. The Hall–Kier alpha value is -2.10. The standard InChI is InChI=1S/C16H18FN3/c1-3-14-10-15(20(4-2)18-14)11-19-8-7-12-5-6-13(17)9-16(12)19/h5-10H,3-4,11H2,1-2H3. The number of benzene rings is 1. The molecule has 0 unspecified atom stereocenters. The largest absolute Gasteiger partial charge is 0.341 e. The molecule has 0 saturated heterocycles. The molecule has 0 N–H and O–H groups in total. The third kappa shape index (κ3) is 2.22. The minimum Gasteiger partial charge on any atom is -0.341 e. The predicted octanol–water partition coefficient (Wildman–Crippen LogP) is 3.61. The van der Waals surface area contributed by atoms with Gasteiger partial charge in [-0.15, -0.1) is 0 Å². The van der Waals surface area contributed by atoms with Crippen LogP contribution in [-0.4, -0.2) is 14.3 Å². The summed E-state index contributed by atoms with van der Waals surface area (Å²) in [4.78, 5) is 0. The summed E-state index contributed by atoms with van der Waals surface area (Å²) in [6, 6.07) is 9.05. The number of aromatic nitrogens is 3. The summed E-state index contributed by atoms with van der Waals surface area (Å²) in [5, 5.41) is 5.61. The van der Waals surface area contributed by atoms with Crippen molar-refractivity contribution in [1.82, 2.24) is 14.3 Å². The van der Waals surface area contributed by atoms with Gasteiger partial charge in [0.25, 0.3) is 0 Å². The predicted molar refractivity (Wildman–Crippen MR) is 78.3 cm³/mol. The van der Waals surface area contributed by atoms with Crippen LogP contribution in [0.2, 0.25) is 0 Å². The number of halogens is 1. The summed E-state index contributed by atoms with van der Waals surface area (Å²) >= 11 is 0. The number of hydrogen-bond acceptors (Lipinski definition) is 1. The van der Waals surface area contributed by atoms with E-state index >= 15 is 0 Å². The molecular weight excluding hydrogens is 253 g/mol. The summed E-state index contributed by atoms with van der Waals surface area (Å²) in [6.45, 7) is 5.76. The molecule has 4 heteroatoms. The van der Waals surface area contributed by atoms with Crippen molar-refractivity contribution in [2.45, 2.75) is 33.4 Å². The molecule has 1 aromatic carbocycles. The molecule has 0 saturated carbocycles. The average Bonchev–Trinajstić information content (AvgIpc) is 3.03. The van der Waals surface area contributed by atoms with E-state index in [-0.39, 0.29) is 5.82 Å². The van der Waals surface area contributed by atoms with E-state index in [1.165, 1.54) is 6.07 Å². The monoisotopic (exact) mass is 271 g/mol. The highest BCUT2D eigenvalue weighted by Gasteiger charge is 2.08. The van der Waals surface area contributed by atoms with Gasteiger partial charge in [0.1, 0.15) is 5.82 Å². The highest BCUT2D eigenvalue weighted by atomic mass is 19.1. The molecule has 3 nitrogen and oxygen atoms in total. The quantitative estimate of drug-likeness (QED) is 0.711. The molecule has 3 rings (SSSR count). The highest BCUT2D eigenvalue weighted by Crippen LogP contribution is 2.19. The van der Waals surface area contributed by atoms with Crippen LogP contribution in [0.1, 0.15) is 25.2 Å². The maximum Gasteiger partial charge on any atom is 0.125 e. The van der Waals surface area contributed by atoms with Crippen LogP contribution in [0.25, 0.3) is 10.9 Å². The first-order valence-corrected chi connectivity index (χ1v) is 7.01. The number of aryl methyl sites for hydroxylation is 2. The summed E-state index contributed by atoms with van der Waals surface area (Å²) in [5.41, 5.74) is 3.18. The Morgan fingerprint density at radius 1 is 1.15 bits per heavy atom. The van der Waals surface area contributed by atoms with Crippen LogP contribution in [0.3, 0.4) is 0 Å². The van der Waals surface area contributed by atoms with Crippen LogP contribution < -0.4 is 0 Å². The molecule has 0 fully saturated rings. The zero-order chi connectivity index (χ0) is 14.1. The van der Waals surface area contributed by atoms with Gasteiger partial charge in [-0.05, 0) is 49.1 Å². The fraction of sp³-hybridized carbons (Fsp3) is 0.312. The third-order valence-corrected chi connectivity index (χ3v) is 3.64. The van der Waals surface area contributed by atoms with Gasteiger partial charge in [0, 0.05) is 12.7 Å². The van der Waals surface area contributed by atoms with E-state index in [2.05, 4.69) is 29.6 Å². The van der Waals surface area contributed by atoms with Crippen LogP contribution in [0, 0.1) is 5.82 Å². The average molecular weight is 271 g/mol. The van der Waals surface area contributed by atoms with E-state index in [0.29, 0.717) is 6.54 Å². The summed E-state index contributed by atoms with van der Waals surface area (Å²) in [6.07, 6.45) is 2.93. The molecule has 20 heavy (non-hydrogen) atoms. The van der Waals surface area contributed by atoms with Gasteiger partial charge in [-0.25, -0.2) is 4.39 Å². The van der Waals surface area contributed by atoms with E-state index in [1.54, 1.807) is 6.07 Å². The van der Waals surface area contributed by atoms with Gasteiger partial charge in [0.15, 0.2) is 0 Å². The normalized spacial score (nSPS) is 11.3. The lowest BCUT2D eigenvalue weighted by atomic mass is 10.2. The zero-order valence-electron chi connectivity index (χ0n) is 11.8. The molecule has 2 aromatic heterocycles. The van der Waals surface area contributed by atoms with Crippen molar-refractivity contribution in [3.63, 3.8) is 0 Å². The third-order valence-electron chi connectivity index (χ3n) is 3.64. The van der Waals surface area contributed by atoms with Crippen LogP contribution in [0.5, 0.6) is 0 Å². The molecular formula is C16H18FN3. The van der Waals surface area contributed by atoms with E-state index in [4.69, 9.17) is 0 Å². The molecule has 0 bridgehead atoms. The van der Waals surface area contributed by atoms with E-state index < -0.39 is 0 Å². The van der Waals surface area contributed by atoms with Crippen molar-refractivity contribution < 1.29 is 4.39 Å². The fourth-order valence-corrected chi connectivity index (χ4v) is 2.56. The molecule has 0 spiro atoms. The van der Waals surface area contributed by atoms with Crippen molar-refractivity contribution in [2.24, 2.45) is 0 Å². The van der Waals surface area contributed by atoms with E-state index in [1.807, 2.05) is 23.0 Å². The summed E-state index contributed by atoms with van der Waals surface area (Å²) < 4.78 is 17.5. The Morgan fingerprint density at radius 2 is 2.00 bits per heavy atom. The Morgan fingerprint density at radius 3 is 2.75 bits per heavy atom. The molecule has 104 valence electrons. The smallest absolute Gasteiger partial charge is 0.125 e. The molecule has 0 aliphatic rings. The topological polar surface area (TPSA) is 22.8 Å². The van der Waals surface area contributed by atoms with Crippen LogP contribution in [0.15, 0.2) is 36.5 Å². The SMILES string of the molecule is CCc1cc(Cn2ccc3ccc(F)cc32)n(CC)n1. The molecule has 2 heterocycles. The van der Waals surface area contributed by atoms with Crippen LogP contribution >= 0.6 is 0 Å². The van der Waals surface area contributed by atoms with Gasteiger partial charge in [-0.1, -0.05) is 6.92 Å². The minimum absolute atomic E-state index is 0.198. The number of nitrogens with zero attached hydrogens (tertiary/aromatic N) is 3. The maximum absolute atomic E-state index is 13.4. The Balaban J connectivity index is 2.00. The van der Waals surface area contributed by atoms with Crippen molar-refractivity contribution in [3.05, 3.63) is 53.7 Å². The summed E-state index contributed by atoms with van der Waals surface area (Å²) in [5.74, 6) is -0.198. The Bertz CT molecular complexity index is 739. The minimum atomic E-state index is -0.198. The summed E-state index contributed by atoms with van der Waals surface area (Å²) in [7, 11) is 0. The molecule has 0 aliphatic heterocycles. The molecule has 0 atom stereocenters. The van der Waals surface area contributed by atoms with Gasteiger partial charge >= 0.3 is 0 Å². The lowest BCUT2D eigenvalue weighted by molar-refractivity contribution is 0.598. The number of hydrogen-bond donors (Lipinski definition) is 0. The van der Waals surface area contributed by atoms with Crippen molar-refractivity contribution >= 4 is 10.9 Å². The van der Waals surface area contributed by atoms with Crippen LogP contribution in [-0.2, 0) is 19.5 Å². The fourth-order valence-electron chi connectivity index (χ4n) is 2.56. The molecule has 3 aromatic rings. The molecule has 0 radical (unpaired) electrons. The first-order valence-electron chi connectivity index (χ1n) is 7.01. The van der Waals surface area contributed by atoms with Crippen molar-refractivity contribution in [3.8, 4) is 0 Å². The first-order chi connectivity index (χ1) is 9.71. The van der Waals surface area contributed by atoms with Gasteiger partial charge in [-0.3, -0.25) is 4.68 Å². The van der Waals surface area contributed by atoms with Crippen LogP contribution in [0.4, 0.5) is 4.39 Å². The second kappa shape index (κ2) is 5.12. The highest BCUT2D eigenvalue weighted by molar-refractivity contribution is 5.80. The molecule has 0 aliphatic carbocycles. The lowest BCUT2D eigenvalue weighted by Crippen LogP contribution is -2.07. The van der Waals surface area contributed by atoms with Gasteiger partial charge < -0.3 is 4.57 Å². The maximum atomic E-state index is 13.4. The van der Waals surface area contributed by atoms with Gasteiger partial charge in [0.05, 0.1) is 23.4 Å². The van der Waals surface area contributed by atoms with E-state index in [0.717, 1.165) is 35.3 Å². The second-order valence-corrected chi connectivity index (χ2v) is 4.94. The van der Waals surface area contributed by atoms with E-state index in [9.17, 15) is 4.39 Å². The Kier molecular flexibility index (Phi) is 3.30. The Labute approximate surface area is 117 Å². The van der Waals surface area contributed by atoms with Gasteiger partial charge in [0.2, 0.25) is 0 Å². The second-order valence-electron chi connectivity index (χ2n) is 4.94. The zero-order valence-corrected chi connectivity index (χ0v) is 11.8. The van der Waals surface area contributed by atoms with Crippen molar-refractivity contribution in [1.29, 1.82) is 0 Å².